The standard InChI is InChI=1S/C26H36FN3O3/c1-18(2)17-33-24-9-6-20(14-23(24)31)15-29-25(32)30(16-19-4-7-21(27)8-5-19)22-10-12-26(3,28)13-11-22/h4-9,14,18,22,31H,10-13,15-17,28H2,1-3H3,(H,29,32). The summed E-state index contributed by atoms with van der Waals surface area (Å²) in [6, 6.07) is 11.3. The molecule has 0 aliphatic heterocycles. The lowest BCUT2D eigenvalue weighted by molar-refractivity contribution is 0.133. The molecule has 0 atom stereocenters. The number of urea groups is 1. The van der Waals surface area contributed by atoms with Crippen LogP contribution in [0.4, 0.5) is 9.18 Å². The molecule has 1 fully saturated rings. The second-order valence-corrected chi connectivity index (χ2v) is 9.81. The number of ether oxygens (including phenoxy) is 1. The van der Waals surface area contributed by atoms with Crippen molar-refractivity contribution < 1.29 is 19.0 Å². The first kappa shape index (κ1) is 24.8. The third-order valence-electron chi connectivity index (χ3n) is 6.10. The minimum absolute atomic E-state index is 0.0556. The molecule has 2 aromatic rings. The second kappa shape index (κ2) is 10.9. The molecule has 0 spiro atoms. The molecule has 0 unspecified atom stereocenters. The van der Waals surface area contributed by atoms with E-state index in [1.807, 2.05) is 24.8 Å². The van der Waals surface area contributed by atoms with Crippen LogP contribution in [0.2, 0.25) is 0 Å². The summed E-state index contributed by atoms with van der Waals surface area (Å²) in [6.07, 6.45) is 3.34. The zero-order valence-electron chi connectivity index (χ0n) is 19.8. The molecule has 180 valence electrons. The van der Waals surface area contributed by atoms with Gasteiger partial charge >= 0.3 is 6.03 Å². The molecule has 1 saturated carbocycles. The van der Waals surface area contributed by atoms with E-state index < -0.39 is 0 Å². The normalized spacial score (nSPS) is 20.5. The Morgan fingerprint density at radius 2 is 1.85 bits per heavy atom. The molecular weight excluding hydrogens is 421 g/mol. The summed E-state index contributed by atoms with van der Waals surface area (Å²) in [5.41, 5.74) is 7.73. The van der Waals surface area contributed by atoms with Crippen LogP contribution in [0.25, 0.3) is 0 Å². The highest BCUT2D eigenvalue weighted by Crippen LogP contribution is 2.30. The largest absolute Gasteiger partial charge is 0.504 e. The van der Waals surface area contributed by atoms with E-state index >= 15 is 0 Å². The van der Waals surface area contributed by atoms with E-state index in [0.29, 0.717) is 24.8 Å². The van der Waals surface area contributed by atoms with Gasteiger partial charge in [-0.15, -0.1) is 0 Å². The first-order valence-electron chi connectivity index (χ1n) is 11.7. The van der Waals surface area contributed by atoms with Gasteiger partial charge in [0.1, 0.15) is 5.82 Å². The van der Waals surface area contributed by atoms with Gasteiger partial charge in [0.25, 0.3) is 0 Å². The fourth-order valence-corrected chi connectivity index (χ4v) is 4.06. The van der Waals surface area contributed by atoms with Gasteiger partial charge in [0.05, 0.1) is 6.61 Å². The third-order valence-corrected chi connectivity index (χ3v) is 6.10. The number of hydrogen-bond donors (Lipinski definition) is 3. The van der Waals surface area contributed by atoms with Crippen molar-refractivity contribution in [2.75, 3.05) is 6.61 Å². The molecule has 7 heteroatoms. The van der Waals surface area contributed by atoms with Crippen molar-refractivity contribution in [3.05, 3.63) is 59.4 Å². The van der Waals surface area contributed by atoms with Crippen LogP contribution in [-0.2, 0) is 13.1 Å². The SMILES string of the molecule is CC(C)COc1ccc(CNC(=O)N(Cc2ccc(F)cc2)C2CCC(C)(N)CC2)cc1O. The van der Waals surface area contributed by atoms with Crippen LogP contribution >= 0.6 is 0 Å². The van der Waals surface area contributed by atoms with Gasteiger partial charge in [-0.2, -0.15) is 0 Å². The maximum Gasteiger partial charge on any atom is 0.318 e. The van der Waals surface area contributed by atoms with Crippen LogP contribution in [0, 0.1) is 11.7 Å². The Labute approximate surface area is 195 Å². The molecular formula is C26H36FN3O3. The van der Waals surface area contributed by atoms with Crippen molar-refractivity contribution in [1.82, 2.24) is 10.2 Å². The second-order valence-electron chi connectivity index (χ2n) is 9.81. The van der Waals surface area contributed by atoms with Gasteiger partial charge in [0.15, 0.2) is 11.5 Å². The highest BCUT2D eigenvalue weighted by atomic mass is 19.1. The zero-order valence-corrected chi connectivity index (χ0v) is 19.8. The van der Waals surface area contributed by atoms with Crippen LogP contribution in [0.1, 0.15) is 57.6 Å². The van der Waals surface area contributed by atoms with Crippen molar-refractivity contribution in [2.24, 2.45) is 11.7 Å². The van der Waals surface area contributed by atoms with Gasteiger partial charge in [-0.05, 0) is 73.9 Å². The van der Waals surface area contributed by atoms with Gasteiger partial charge in [0.2, 0.25) is 0 Å². The minimum Gasteiger partial charge on any atom is -0.504 e. The van der Waals surface area contributed by atoms with E-state index in [1.54, 1.807) is 24.3 Å². The van der Waals surface area contributed by atoms with E-state index in [1.165, 1.54) is 12.1 Å². The number of nitrogens with one attached hydrogen (secondary N) is 1. The van der Waals surface area contributed by atoms with Crippen LogP contribution in [0.3, 0.4) is 0 Å². The number of amides is 2. The Balaban J connectivity index is 1.66. The fraction of sp³-hybridized carbons (Fsp3) is 0.500. The summed E-state index contributed by atoms with van der Waals surface area (Å²) in [7, 11) is 0. The number of carbonyl (C=O) groups is 1. The number of aromatic hydroxyl groups is 1. The summed E-state index contributed by atoms with van der Waals surface area (Å²) >= 11 is 0. The molecule has 2 aromatic carbocycles. The monoisotopic (exact) mass is 457 g/mol. The Morgan fingerprint density at radius 1 is 1.21 bits per heavy atom. The summed E-state index contributed by atoms with van der Waals surface area (Å²) in [5.74, 6) is 0.545. The van der Waals surface area contributed by atoms with Crippen LogP contribution in [0.15, 0.2) is 42.5 Å². The molecule has 4 N–H and O–H groups in total. The number of hydrogen-bond acceptors (Lipinski definition) is 4. The minimum atomic E-state index is -0.299. The van der Waals surface area contributed by atoms with Crippen molar-refractivity contribution in [3.8, 4) is 11.5 Å². The molecule has 0 bridgehead atoms. The Hall–Kier alpha value is -2.80. The smallest absolute Gasteiger partial charge is 0.318 e. The number of carbonyl (C=O) groups excluding carboxylic acids is 1. The molecule has 0 radical (unpaired) electrons. The number of phenolic OH excluding ortho intramolecular Hbond substituents is 1. The predicted octanol–water partition coefficient (Wildman–Crippen LogP) is 4.94. The molecule has 33 heavy (non-hydrogen) atoms. The van der Waals surface area contributed by atoms with Crippen LogP contribution in [0.5, 0.6) is 11.5 Å². The van der Waals surface area contributed by atoms with Crippen LogP contribution in [-0.4, -0.2) is 34.2 Å². The third kappa shape index (κ3) is 7.35. The predicted molar refractivity (Wildman–Crippen MR) is 127 cm³/mol. The molecule has 1 aliphatic carbocycles. The fourth-order valence-electron chi connectivity index (χ4n) is 4.06. The summed E-state index contributed by atoms with van der Waals surface area (Å²) in [6.45, 7) is 7.32. The number of phenols is 1. The van der Waals surface area contributed by atoms with Crippen molar-refractivity contribution in [2.45, 2.75) is 71.1 Å². The first-order chi connectivity index (χ1) is 15.6. The number of halogens is 1. The van der Waals surface area contributed by atoms with Gasteiger partial charge in [-0.1, -0.05) is 32.0 Å². The molecule has 1 aliphatic rings. The van der Waals surface area contributed by atoms with E-state index in [9.17, 15) is 14.3 Å². The summed E-state index contributed by atoms with van der Waals surface area (Å²) in [5, 5.41) is 13.2. The van der Waals surface area contributed by atoms with Crippen molar-refractivity contribution in [3.63, 3.8) is 0 Å². The van der Waals surface area contributed by atoms with Gasteiger partial charge in [-0.25, -0.2) is 9.18 Å². The quantitative estimate of drug-likeness (QED) is 0.524. The molecule has 0 aromatic heterocycles. The highest BCUT2D eigenvalue weighted by Gasteiger charge is 2.32. The molecule has 0 saturated heterocycles. The van der Waals surface area contributed by atoms with Crippen molar-refractivity contribution >= 4 is 6.03 Å². The number of nitrogens with zero attached hydrogens (tertiary/aromatic N) is 1. The number of benzene rings is 2. The Bertz CT molecular complexity index is 921. The maximum absolute atomic E-state index is 13.3. The lowest BCUT2D eigenvalue weighted by Gasteiger charge is -2.40. The van der Waals surface area contributed by atoms with Gasteiger partial charge < -0.3 is 25.8 Å². The summed E-state index contributed by atoms with van der Waals surface area (Å²) in [4.78, 5) is 15.0. The Morgan fingerprint density at radius 3 is 2.45 bits per heavy atom. The molecule has 6 nitrogen and oxygen atoms in total. The van der Waals surface area contributed by atoms with Crippen LogP contribution < -0.4 is 15.8 Å². The van der Waals surface area contributed by atoms with Gasteiger partial charge in [-0.3, -0.25) is 0 Å². The topological polar surface area (TPSA) is 87.8 Å². The first-order valence-corrected chi connectivity index (χ1v) is 11.7. The average molecular weight is 458 g/mol. The highest BCUT2D eigenvalue weighted by molar-refractivity contribution is 5.74. The number of nitrogens with two attached hydrogens (primary N) is 1. The molecule has 3 rings (SSSR count). The van der Waals surface area contributed by atoms with E-state index in [0.717, 1.165) is 36.8 Å². The van der Waals surface area contributed by atoms with E-state index in [4.69, 9.17) is 10.5 Å². The maximum atomic E-state index is 13.3. The molecule has 0 heterocycles. The van der Waals surface area contributed by atoms with Gasteiger partial charge in [0, 0.05) is 24.7 Å². The van der Waals surface area contributed by atoms with E-state index in [-0.39, 0.29) is 35.7 Å². The zero-order chi connectivity index (χ0) is 24.0. The number of rotatable bonds is 8. The lowest BCUT2D eigenvalue weighted by Crippen LogP contribution is -2.50. The van der Waals surface area contributed by atoms with Crippen molar-refractivity contribution in [1.29, 1.82) is 0 Å². The molecule has 2 amide bonds. The van der Waals surface area contributed by atoms with E-state index in [2.05, 4.69) is 12.2 Å². The lowest BCUT2D eigenvalue weighted by atomic mass is 9.81. The summed E-state index contributed by atoms with van der Waals surface area (Å²) < 4.78 is 18.9. The average Bonchev–Trinajstić information content (AvgIpc) is 2.76. The Kier molecular flexibility index (Phi) is 8.19.